The quantitative estimate of drug-likeness (QED) is 0.458. The standard InChI is InChI=1S/C9H6N2O6/c12-8(13)4-10-7-2-1-5(11(16)17)3-6(7)9(14)15/h1-4H,(H,12,13)(H,14,15). The molecule has 1 aromatic carbocycles. The molecule has 88 valence electrons. The summed E-state index contributed by atoms with van der Waals surface area (Å²) in [6.07, 6.45) is 0.508. The van der Waals surface area contributed by atoms with E-state index in [1.165, 1.54) is 0 Å². The Morgan fingerprint density at radius 2 is 2.00 bits per heavy atom. The molecule has 8 heteroatoms. The number of non-ortho nitro benzene ring substituents is 1. The zero-order valence-corrected chi connectivity index (χ0v) is 8.23. The van der Waals surface area contributed by atoms with Crippen molar-refractivity contribution >= 4 is 29.5 Å². The Labute approximate surface area is 94.0 Å². The van der Waals surface area contributed by atoms with Crippen LogP contribution >= 0.6 is 0 Å². The van der Waals surface area contributed by atoms with Gasteiger partial charge in [0.15, 0.2) is 0 Å². The van der Waals surface area contributed by atoms with Crippen molar-refractivity contribution in [3.8, 4) is 0 Å². The van der Waals surface area contributed by atoms with E-state index < -0.39 is 28.1 Å². The number of carboxylic acid groups (broad SMARTS) is 2. The number of hydrogen-bond donors (Lipinski definition) is 2. The highest BCUT2D eigenvalue weighted by atomic mass is 16.6. The molecule has 0 heterocycles. The van der Waals surface area contributed by atoms with Crippen LogP contribution in [0.5, 0.6) is 0 Å². The average molecular weight is 238 g/mol. The molecule has 0 aromatic heterocycles. The highest BCUT2D eigenvalue weighted by Crippen LogP contribution is 2.24. The van der Waals surface area contributed by atoms with E-state index in [2.05, 4.69) is 4.99 Å². The summed E-state index contributed by atoms with van der Waals surface area (Å²) in [5.41, 5.74) is -1.00. The topological polar surface area (TPSA) is 130 Å². The summed E-state index contributed by atoms with van der Waals surface area (Å²) in [7, 11) is 0. The van der Waals surface area contributed by atoms with Gasteiger partial charge in [0, 0.05) is 12.1 Å². The fraction of sp³-hybridized carbons (Fsp3) is 0. The number of carbonyl (C=O) groups is 2. The van der Waals surface area contributed by atoms with E-state index in [0.29, 0.717) is 6.21 Å². The van der Waals surface area contributed by atoms with Crippen molar-refractivity contribution in [3.63, 3.8) is 0 Å². The van der Waals surface area contributed by atoms with Crippen LogP contribution in [0.1, 0.15) is 10.4 Å². The van der Waals surface area contributed by atoms with Crippen molar-refractivity contribution in [1.82, 2.24) is 0 Å². The Kier molecular flexibility index (Phi) is 3.50. The van der Waals surface area contributed by atoms with Gasteiger partial charge >= 0.3 is 11.9 Å². The lowest BCUT2D eigenvalue weighted by molar-refractivity contribution is -0.384. The highest BCUT2D eigenvalue weighted by molar-refractivity contribution is 6.22. The minimum atomic E-state index is -1.42. The molecule has 1 rings (SSSR count). The third-order valence-corrected chi connectivity index (χ3v) is 1.74. The van der Waals surface area contributed by atoms with Crippen LogP contribution in [0.15, 0.2) is 23.2 Å². The molecule has 1 aromatic rings. The first-order valence-corrected chi connectivity index (χ1v) is 4.20. The largest absolute Gasteiger partial charge is 0.478 e. The second-order valence-electron chi connectivity index (χ2n) is 2.86. The number of aliphatic imine (C=N–C) groups is 1. The van der Waals surface area contributed by atoms with E-state index in [1.807, 2.05) is 0 Å². The predicted octanol–water partition coefficient (Wildman–Crippen LogP) is 1.08. The zero-order chi connectivity index (χ0) is 13.0. The van der Waals surface area contributed by atoms with E-state index in [4.69, 9.17) is 10.2 Å². The van der Waals surface area contributed by atoms with E-state index in [9.17, 15) is 19.7 Å². The lowest BCUT2D eigenvalue weighted by Gasteiger charge is -1.99. The molecular weight excluding hydrogens is 232 g/mol. The van der Waals surface area contributed by atoms with Gasteiger partial charge in [0.05, 0.1) is 16.2 Å². The molecule has 8 nitrogen and oxygen atoms in total. The maximum atomic E-state index is 10.8. The summed E-state index contributed by atoms with van der Waals surface area (Å²) in [6, 6.07) is 2.93. The third kappa shape index (κ3) is 3.09. The summed E-state index contributed by atoms with van der Waals surface area (Å²) >= 11 is 0. The molecule has 17 heavy (non-hydrogen) atoms. The summed E-state index contributed by atoms with van der Waals surface area (Å²) in [4.78, 5) is 34.1. The van der Waals surface area contributed by atoms with Gasteiger partial charge in [-0.25, -0.2) is 14.6 Å². The number of aliphatic carboxylic acids is 1. The first-order valence-electron chi connectivity index (χ1n) is 4.20. The number of nitrogens with zero attached hydrogens (tertiary/aromatic N) is 2. The van der Waals surface area contributed by atoms with Crippen LogP contribution in [0.3, 0.4) is 0 Å². The summed E-state index contributed by atoms with van der Waals surface area (Å²) in [5, 5.41) is 27.6. The van der Waals surface area contributed by atoms with Gasteiger partial charge in [0.2, 0.25) is 0 Å². The van der Waals surface area contributed by atoms with E-state index in [1.54, 1.807) is 0 Å². The molecule has 0 atom stereocenters. The lowest BCUT2D eigenvalue weighted by Crippen LogP contribution is -2.00. The fourth-order valence-corrected chi connectivity index (χ4v) is 1.05. The van der Waals surface area contributed by atoms with Crippen LogP contribution in [0.2, 0.25) is 0 Å². The van der Waals surface area contributed by atoms with Gasteiger partial charge in [0.25, 0.3) is 5.69 Å². The Morgan fingerprint density at radius 3 is 2.47 bits per heavy atom. The van der Waals surface area contributed by atoms with Crippen LogP contribution in [0.4, 0.5) is 11.4 Å². The van der Waals surface area contributed by atoms with Gasteiger partial charge in [-0.05, 0) is 6.07 Å². The molecule has 0 bridgehead atoms. The third-order valence-electron chi connectivity index (χ3n) is 1.74. The number of nitro groups is 1. The maximum absolute atomic E-state index is 10.8. The maximum Gasteiger partial charge on any atom is 0.346 e. The van der Waals surface area contributed by atoms with Crippen molar-refractivity contribution in [1.29, 1.82) is 0 Å². The van der Waals surface area contributed by atoms with Crippen molar-refractivity contribution in [2.45, 2.75) is 0 Å². The minimum absolute atomic E-state index is 0.162. The van der Waals surface area contributed by atoms with E-state index >= 15 is 0 Å². The molecule has 0 amide bonds. The van der Waals surface area contributed by atoms with Crippen LogP contribution in [0, 0.1) is 10.1 Å². The lowest BCUT2D eigenvalue weighted by atomic mass is 10.1. The molecule has 0 radical (unpaired) electrons. The Balaban J connectivity index is 3.27. The molecule has 0 aliphatic heterocycles. The molecule has 0 spiro atoms. The predicted molar refractivity (Wildman–Crippen MR) is 55.8 cm³/mol. The van der Waals surface area contributed by atoms with Crippen LogP contribution in [-0.2, 0) is 4.79 Å². The first-order chi connectivity index (χ1) is 7.91. The van der Waals surface area contributed by atoms with E-state index in [0.717, 1.165) is 18.2 Å². The van der Waals surface area contributed by atoms with Crippen molar-refractivity contribution < 1.29 is 24.7 Å². The molecule has 0 saturated carbocycles. The number of hydrogen-bond acceptors (Lipinski definition) is 5. The molecule has 0 aliphatic rings. The zero-order valence-electron chi connectivity index (χ0n) is 8.23. The number of rotatable bonds is 4. The van der Waals surface area contributed by atoms with Gasteiger partial charge in [0.1, 0.15) is 6.21 Å². The van der Waals surface area contributed by atoms with Gasteiger partial charge < -0.3 is 10.2 Å². The molecular formula is C9H6N2O6. The van der Waals surface area contributed by atoms with Gasteiger partial charge in [-0.1, -0.05) is 0 Å². The van der Waals surface area contributed by atoms with Crippen molar-refractivity contribution in [2.75, 3.05) is 0 Å². The second-order valence-corrected chi connectivity index (χ2v) is 2.86. The monoisotopic (exact) mass is 238 g/mol. The van der Waals surface area contributed by atoms with Gasteiger partial charge in [-0.3, -0.25) is 10.1 Å². The van der Waals surface area contributed by atoms with Crippen molar-refractivity contribution in [3.05, 3.63) is 33.9 Å². The molecule has 0 fully saturated rings. The number of aromatic carboxylic acids is 1. The Morgan fingerprint density at radius 1 is 1.35 bits per heavy atom. The second kappa shape index (κ2) is 4.84. The van der Waals surface area contributed by atoms with E-state index in [-0.39, 0.29) is 5.69 Å². The SMILES string of the molecule is O=C(O)C=Nc1ccc([N+](=O)[O-])cc1C(=O)O. The number of benzene rings is 1. The van der Waals surface area contributed by atoms with Crippen LogP contribution in [-0.4, -0.2) is 33.3 Å². The first kappa shape index (κ1) is 12.3. The fourth-order valence-electron chi connectivity index (χ4n) is 1.05. The highest BCUT2D eigenvalue weighted by Gasteiger charge is 2.15. The van der Waals surface area contributed by atoms with Crippen molar-refractivity contribution in [2.24, 2.45) is 4.99 Å². The summed E-state index contributed by atoms with van der Waals surface area (Å²) in [5.74, 6) is -2.77. The Bertz CT molecular complexity index is 522. The smallest absolute Gasteiger partial charge is 0.346 e. The molecule has 2 N–H and O–H groups in total. The minimum Gasteiger partial charge on any atom is -0.478 e. The number of nitro benzene ring substituents is 1. The van der Waals surface area contributed by atoms with Crippen LogP contribution in [0.25, 0.3) is 0 Å². The van der Waals surface area contributed by atoms with Gasteiger partial charge in [-0.2, -0.15) is 0 Å². The Hall–Kier alpha value is -2.77. The number of carboxylic acids is 2. The normalized spacial score (nSPS) is 10.4. The summed E-state index contributed by atoms with van der Waals surface area (Å²) < 4.78 is 0. The molecule has 0 aliphatic carbocycles. The van der Waals surface area contributed by atoms with Gasteiger partial charge in [-0.15, -0.1) is 0 Å². The summed E-state index contributed by atoms with van der Waals surface area (Å²) in [6.45, 7) is 0. The van der Waals surface area contributed by atoms with Crippen LogP contribution < -0.4 is 0 Å². The molecule has 0 saturated heterocycles. The molecule has 0 unspecified atom stereocenters. The average Bonchev–Trinajstić information content (AvgIpc) is 2.25.